The summed E-state index contributed by atoms with van der Waals surface area (Å²) in [5, 5.41) is 23.6. The number of amides is 1. The molecule has 0 heterocycles. The topological polar surface area (TPSA) is 133 Å². The summed E-state index contributed by atoms with van der Waals surface area (Å²) in [5.41, 5.74) is -10.9. The molecule has 3 aromatic rings. The summed E-state index contributed by atoms with van der Waals surface area (Å²) in [7, 11) is 1.15. The largest absolute Gasteiger partial charge is 0.478 e. The molecule has 192 valence electrons. The Bertz CT molecular complexity index is 1980. The molecule has 3 aromatic carbocycles. The molecule has 0 aliphatic rings. The fourth-order valence-corrected chi connectivity index (χ4v) is 3.51. The van der Waals surface area contributed by atoms with Gasteiger partial charge in [0, 0.05) is 40.4 Å². The highest BCUT2D eigenvalue weighted by atomic mass is 16.4. The van der Waals surface area contributed by atoms with Gasteiger partial charge in [-0.1, -0.05) is 24.2 Å². The summed E-state index contributed by atoms with van der Waals surface area (Å²) < 4.78 is 132. The van der Waals surface area contributed by atoms with Crippen molar-refractivity contribution in [1.29, 1.82) is 0 Å². The summed E-state index contributed by atoms with van der Waals surface area (Å²) in [6.07, 6.45) is -1.08. The monoisotopic (exact) mass is 518 g/mol. The quantitative estimate of drug-likeness (QED) is 0.293. The predicted molar refractivity (Wildman–Crippen MR) is 143 cm³/mol. The highest BCUT2D eigenvalue weighted by molar-refractivity contribution is 6.15. The van der Waals surface area contributed by atoms with Crippen molar-refractivity contribution in [3.63, 3.8) is 0 Å². The second-order valence-corrected chi connectivity index (χ2v) is 7.70. The van der Waals surface area contributed by atoms with Gasteiger partial charge in [0.1, 0.15) is 0 Å². The number of rotatable bonds is 8. The molecule has 0 bridgehead atoms. The highest BCUT2D eigenvalue weighted by Crippen LogP contribution is 2.28. The zero-order valence-corrected chi connectivity index (χ0v) is 19.4. The average Bonchev–Trinajstić information content (AvgIpc) is 2.96. The lowest BCUT2D eigenvalue weighted by molar-refractivity contribution is 0.0690. The van der Waals surface area contributed by atoms with E-state index < -0.39 is 149 Å². The SMILES string of the molecule is [2H]c1c(Cc2c([2H])c(C([2H])([2H])[2H])c(NC(=O)c3cc(C(C)=O)c(C(=O)O)cc3C(=O)O)c(C([2H])([2H])[2H])c2[2H])c([2H])c(C([2H])([2H])[2H])c(NC)c1C([2H])([2H])[2H]. The average molecular weight is 519 g/mol. The van der Waals surface area contributed by atoms with Crippen LogP contribution in [0.25, 0.3) is 0 Å². The summed E-state index contributed by atoms with van der Waals surface area (Å²) in [4.78, 5) is 49.7. The second kappa shape index (κ2) is 10.7. The molecule has 0 saturated carbocycles. The van der Waals surface area contributed by atoms with E-state index in [0.29, 0.717) is 12.1 Å². The van der Waals surface area contributed by atoms with E-state index in [2.05, 4.69) is 5.32 Å². The van der Waals surface area contributed by atoms with Crippen molar-refractivity contribution in [1.82, 2.24) is 0 Å². The molecule has 0 aromatic heterocycles. The van der Waals surface area contributed by atoms with Gasteiger partial charge < -0.3 is 20.8 Å². The van der Waals surface area contributed by atoms with E-state index in [1.807, 2.05) is 5.32 Å². The summed E-state index contributed by atoms with van der Waals surface area (Å²) in [6, 6.07) is -3.15. The van der Waals surface area contributed by atoms with E-state index in [4.69, 9.17) is 21.9 Å². The summed E-state index contributed by atoms with van der Waals surface area (Å²) in [5.74, 6) is -6.14. The zero-order valence-electron chi connectivity index (χ0n) is 35.4. The number of hydrogen-bond donors (Lipinski definition) is 4. The molecule has 4 N–H and O–H groups in total. The van der Waals surface area contributed by atoms with Crippen LogP contribution in [0, 0.1) is 27.4 Å². The Morgan fingerprint density at radius 1 is 0.757 bits per heavy atom. The van der Waals surface area contributed by atoms with Gasteiger partial charge in [0.2, 0.25) is 0 Å². The summed E-state index contributed by atoms with van der Waals surface area (Å²) >= 11 is 0. The maximum absolute atomic E-state index is 13.7. The number of aromatic carboxylic acids is 2. The molecule has 0 atom stereocenters. The molecule has 1 amide bonds. The number of anilines is 2. The molecular weight excluding hydrogens is 472 g/mol. The highest BCUT2D eigenvalue weighted by Gasteiger charge is 2.25. The van der Waals surface area contributed by atoms with Crippen LogP contribution in [0.2, 0.25) is 0 Å². The number of carbonyl (C=O) groups excluding carboxylic acids is 2. The zero-order chi connectivity index (χ0) is 41.1. The van der Waals surface area contributed by atoms with Gasteiger partial charge in [-0.3, -0.25) is 9.59 Å². The van der Waals surface area contributed by atoms with E-state index in [9.17, 15) is 29.4 Å². The Morgan fingerprint density at radius 3 is 1.59 bits per heavy atom. The maximum Gasteiger partial charge on any atom is 0.336 e. The van der Waals surface area contributed by atoms with E-state index in [1.54, 1.807) is 0 Å². The molecule has 8 nitrogen and oxygen atoms in total. The first-order chi connectivity index (χ1) is 23.9. The number of hydrogen-bond acceptors (Lipinski definition) is 5. The Balaban J connectivity index is 2.51. The number of Topliss-reactive ketones (excluding diaryl/α,β-unsaturated/α-hetero) is 1. The number of nitrogens with one attached hydrogen (secondary N) is 2. The molecule has 0 saturated heterocycles. The van der Waals surface area contributed by atoms with Gasteiger partial charge in [-0.15, -0.1) is 0 Å². The Morgan fingerprint density at radius 2 is 1.19 bits per heavy atom. The van der Waals surface area contributed by atoms with Gasteiger partial charge in [-0.2, -0.15) is 0 Å². The molecule has 0 aliphatic heterocycles. The molecule has 3 rings (SSSR count). The normalized spacial score (nSPS) is 18.3. The maximum atomic E-state index is 13.7. The van der Waals surface area contributed by atoms with Crippen molar-refractivity contribution in [2.24, 2.45) is 0 Å². The Kier molecular flexibility index (Phi) is 3.65. The number of benzene rings is 3. The van der Waals surface area contributed by atoms with Crippen LogP contribution in [0.1, 0.15) is 104 Å². The van der Waals surface area contributed by atoms with Crippen molar-refractivity contribution >= 4 is 35.0 Å². The third-order valence-electron chi connectivity index (χ3n) is 5.19. The molecular formula is C29H30N2O6. The van der Waals surface area contributed by atoms with Crippen molar-refractivity contribution in [3.8, 4) is 0 Å². The first-order valence-corrected chi connectivity index (χ1v) is 10.4. The second-order valence-electron chi connectivity index (χ2n) is 7.70. The van der Waals surface area contributed by atoms with Crippen LogP contribution in [0.3, 0.4) is 0 Å². The standard InChI is InChI=1S/C29H30N2O6/c1-14-7-19(8-15(2)25(14)30-6)11-20-9-16(3)26(17(4)10-20)31-27(33)22-12-21(18(5)32)23(28(34)35)13-24(22)29(36)37/h7-10,12-13,30H,11H2,1-6H3,(H,31,33)(H,34,35)(H,36,37)/i1D3,2D3,3D3,4D3,7D,8D,9D,10D. The van der Waals surface area contributed by atoms with E-state index in [0.717, 1.165) is 14.0 Å². The summed E-state index contributed by atoms with van der Waals surface area (Å²) in [6.45, 7) is -12.5. The first-order valence-electron chi connectivity index (χ1n) is 18.4. The molecule has 0 radical (unpaired) electrons. The van der Waals surface area contributed by atoms with Crippen LogP contribution >= 0.6 is 0 Å². The molecule has 0 aliphatic carbocycles. The van der Waals surface area contributed by atoms with Crippen molar-refractivity contribution in [2.45, 2.75) is 40.8 Å². The van der Waals surface area contributed by atoms with Crippen molar-refractivity contribution in [2.75, 3.05) is 17.7 Å². The van der Waals surface area contributed by atoms with Crippen molar-refractivity contribution < 1.29 is 51.3 Å². The third-order valence-corrected chi connectivity index (χ3v) is 5.19. The van der Waals surface area contributed by atoms with Crippen LogP contribution in [0.4, 0.5) is 11.4 Å². The van der Waals surface area contributed by atoms with Gasteiger partial charge in [0.05, 0.1) is 22.2 Å². The smallest absolute Gasteiger partial charge is 0.336 e. The minimum atomic E-state index is -3.51. The Labute approximate surface area is 237 Å². The third kappa shape index (κ3) is 5.69. The number of carboxylic acid groups (broad SMARTS) is 2. The van der Waals surface area contributed by atoms with E-state index in [1.165, 1.54) is 0 Å². The minimum Gasteiger partial charge on any atom is -0.478 e. The fraction of sp³-hybridized carbons (Fsp3) is 0.241. The van der Waals surface area contributed by atoms with E-state index in [-0.39, 0.29) is 0 Å². The Hall–Kier alpha value is -4.46. The molecule has 37 heavy (non-hydrogen) atoms. The first kappa shape index (κ1) is 12.7. The van der Waals surface area contributed by atoms with Crippen LogP contribution in [0.5, 0.6) is 0 Å². The number of ketones is 1. The van der Waals surface area contributed by atoms with Crippen LogP contribution < -0.4 is 10.6 Å². The molecule has 0 fully saturated rings. The van der Waals surface area contributed by atoms with Gasteiger partial charge in [-0.05, 0) is 86.3 Å². The van der Waals surface area contributed by atoms with Gasteiger partial charge >= 0.3 is 11.9 Å². The minimum absolute atomic E-state index is 0.484. The van der Waals surface area contributed by atoms with Crippen LogP contribution in [-0.4, -0.2) is 40.9 Å². The lowest BCUT2D eigenvalue weighted by Gasteiger charge is -2.17. The van der Waals surface area contributed by atoms with Crippen molar-refractivity contribution in [3.05, 3.63) is 91.9 Å². The van der Waals surface area contributed by atoms with Crippen LogP contribution in [-0.2, 0) is 6.42 Å². The van der Waals surface area contributed by atoms with Crippen LogP contribution in [0.15, 0.2) is 36.3 Å². The molecule has 0 unspecified atom stereocenters. The number of carboxylic acids is 2. The van der Waals surface area contributed by atoms with Gasteiger partial charge in [-0.25, -0.2) is 9.59 Å². The predicted octanol–water partition coefficient (Wildman–Crippen LogP) is 5.40. The molecule has 0 spiro atoms. The lowest BCUT2D eigenvalue weighted by atomic mass is 9.94. The van der Waals surface area contributed by atoms with Gasteiger partial charge in [0.15, 0.2) is 5.78 Å². The fourth-order valence-electron chi connectivity index (χ4n) is 3.51. The lowest BCUT2D eigenvalue weighted by Crippen LogP contribution is -2.20. The van der Waals surface area contributed by atoms with E-state index >= 15 is 0 Å². The molecule has 8 heteroatoms. The number of carbonyl (C=O) groups is 4. The van der Waals surface area contributed by atoms with Gasteiger partial charge in [0.25, 0.3) is 5.91 Å².